The topological polar surface area (TPSA) is 105 Å². The van der Waals surface area contributed by atoms with E-state index in [1.807, 2.05) is 27.2 Å². The Balaban J connectivity index is 4.02. The number of quaternary nitrogens is 1. The van der Waals surface area contributed by atoms with E-state index in [4.69, 9.17) is 9.05 Å². The number of likely N-dealkylation sites (N-methyl/N-ethyl adjacent to an activating group) is 1. The first kappa shape index (κ1) is 57.2. The lowest BCUT2D eigenvalue weighted by atomic mass is 10.0. The van der Waals surface area contributed by atoms with E-state index >= 15 is 0 Å². The van der Waals surface area contributed by atoms with Crippen LogP contribution in [0.4, 0.5) is 0 Å². The Bertz CT molecular complexity index is 958. The van der Waals surface area contributed by atoms with E-state index in [2.05, 4.69) is 19.2 Å². The molecular weight excluding hydrogens is 744 g/mol. The van der Waals surface area contributed by atoms with Crippen LogP contribution >= 0.6 is 7.82 Å². The molecule has 3 unspecified atom stereocenters. The number of rotatable bonds is 46. The van der Waals surface area contributed by atoms with Crippen LogP contribution in [0.5, 0.6) is 0 Å². The molecule has 0 saturated heterocycles. The summed E-state index contributed by atoms with van der Waals surface area (Å²) in [6.45, 7) is 4.81. The zero-order valence-electron chi connectivity index (χ0n) is 39.3. The van der Waals surface area contributed by atoms with Crippen molar-refractivity contribution in [3.05, 3.63) is 12.2 Å². The first-order valence-corrected chi connectivity index (χ1v) is 26.6. The van der Waals surface area contributed by atoms with Crippen molar-refractivity contribution >= 4 is 13.7 Å². The molecule has 0 aromatic carbocycles. The Hall–Kier alpha value is -0.760. The minimum Gasteiger partial charge on any atom is -0.387 e. The fraction of sp³-hybridized carbons (Fsp3) is 0.939. The van der Waals surface area contributed by atoms with Crippen molar-refractivity contribution in [1.29, 1.82) is 0 Å². The fourth-order valence-electron chi connectivity index (χ4n) is 7.51. The second kappa shape index (κ2) is 41.6. The molecule has 0 aliphatic heterocycles. The van der Waals surface area contributed by atoms with Crippen LogP contribution in [-0.2, 0) is 18.4 Å². The van der Waals surface area contributed by atoms with Crippen LogP contribution in [0.1, 0.15) is 245 Å². The summed E-state index contributed by atoms with van der Waals surface area (Å²) >= 11 is 0. The number of aliphatic hydroxyl groups is 1. The average molecular weight is 844 g/mol. The van der Waals surface area contributed by atoms with Gasteiger partial charge in [0.2, 0.25) is 5.91 Å². The first-order chi connectivity index (χ1) is 28.0. The van der Waals surface area contributed by atoms with Crippen LogP contribution < -0.4 is 5.32 Å². The first-order valence-electron chi connectivity index (χ1n) is 25.1. The Morgan fingerprint density at radius 2 is 0.914 bits per heavy atom. The number of aliphatic hydroxyl groups excluding tert-OH is 1. The van der Waals surface area contributed by atoms with Gasteiger partial charge in [0.15, 0.2) is 0 Å². The minimum absolute atomic E-state index is 0.0643. The molecule has 0 rings (SSSR count). The highest BCUT2D eigenvalue weighted by molar-refractivity contribution is 7.47. The molecule has 0 spiro atoms. The lowest BCUT2D eigenvalue weighted by Crippen LogP contribution is -2.45. The molecule has 0 bridgehead atoms. The highest BCUT2D eigenvalue weighted by Gasteiger charge is 2.27. The molecule has 346 valence electrons. The summed E-state index contributed by atoms with van der Waals surface area (Å²) in [5.74, 6) is -0.175. The van der Waals surface area contributed by atoms with Crippen molar-refractivity contribution in [2.45, 2.75) is 257 Å². The number of amides is 1. The lowest BCUT2D eigenvalue weighted by Gasteiger charge is -2.25. The SMILES string of the molecule is CCCCCCCCC/C=C/C(O)C(COP(=O)(O)OCC[N+](C)(C)C)NC(=O)CCCCCCCCCCCCCCCCCCCCCCCCCCCCC. The highest BCUT2D eigenvalue weighted by Crippen LogP contribution is 2.43. The molecular formula is C49H100N2O6P+. The van der Waals surface area contributed by atoms with Gasteiger partial charge in [0.05, 0.1) is 39.9 Å². The number of allylic oxidation sites excluding steroid dienone is 1. The predicted octanol–water partition coefficient (Wildman–Crippen LogP) is 14.3. The number of nitrogens with zero attached hydrogens (tertiary/aromatic N) is 1. The number of carbonyl (C=O) groups is 1. The molecule has 8 nitrogen and oxygen atoms in total. The smallest absolute Gasteiger partial charge is 0.387 e. The third-order valence-corrected chi connectivity index (χ3v) is 12.5. The van der Waals surface area contributed by atoms with Gasteiger partial charge in [0, 0.05) is 6.42 Å². The van der Waals surface area contributed by atoms with Gasteiger partial charge >= 0.3 is 7.82 Å². The Kier molecular flexibility index (Phi) is 41.0. The van der Waals surface area contributed by atoms with E-state index in [1.54, 1.807) is 6.08 Å². The third-order valence-electron chi connectivity index (χ3n) is 11.5. The van der Waals surface area contributed by atoms with E-state index < -0.39 is 20.0 Å². The van der Waals surface area contributed by atoms with Gasteiger partial charge in [-0.05, 0) is 19.3 Å². The summed E-state index contributed by atoms with van der Waals surface area (Å²) in [6.07, 6.45) is 48.9. The van der Waals surface area contributed by atoms with Crippen molar-refractivity contribution in [3.63, 3.8) is 0 Å². The van der Waals surface area contributed by atoms with E-state index in [0.29, 0.717) is 17.4 Å². The second-order valence-corrected chi connectivity index (χ2v) is 20.0. The van der Waals surface area contributed by atoms with E-state index in [0.717, 1.165) is 38.5 Å². The Morgan fingerprint density at radius 3 is 1.28 bits per heavy atom. The summed E-state index contributed by atoms with van der Waals surface area (Å²) in [5.41, 5.74) is 0. The largest absolute Gasteiger partial charge is 0.472 e. The van der Waals surface area contributed by atoms with Crippen LogP contribution in [0, 0.1) is 0 Å². The maximum atomic E-state index is 12.9. The molecule has 0 fully saturated rings. The summed E-state index contributed by atoms with van der Waals surface area (Å²) in [7, 11) is 1.58. The van der Waals surface area contributed by atoms with E-state index in [-0.39, 0.29) is 19.1 Å². The van der Waals surface area contributed by atoms with E-state index in [1.165, 1.54) is 186 Å². The van der Waals surface area contributed by atoms with Crippen LogP contribution in [0.25, 0.3) is 0 Å². The number of hydrogen-bond donors (Lipinski definition) is 3. The maximum Gasteiger partial charge on any atom is 0.472 e. The van der Waals surface area contributed by atoms with Gasteiger partial charge in [-0.3, -0.25) is 13.8 Å². The quantitative estimate of drug-likeness (QED) is 0.0244. The van der Waals surface area contributed by atoms with Crippen molar-refractivity contribution in [2.75, 3.05) is 40.9 Å². The number of phosphoric acid groups is 1. The fourth-order valence-corrected chi connectivity index (χ4v) is 8.25. The zero-order chi connectivity index (χ0) is 42.8. The zero-order valence-corrected chi connectivity index (χ0v) is 40.2. The van der Waals surface area contributed by atoms with Crippen LogP contribution in [0.15, 0.2) is 12.2 Å². The molecule has 0 aliphatic carbocycles. The van der Waals surface area contributed by atoms with Crippen LogP contribution in [0.2, 0.25) is 0 Å². The predicted molar refractivity (Wildman–Crippen MR) is 249 cm³/mol. The van der Waals surface area contributed by atoms with Crippen molar-refractivity contribution < 1.29 is 32.9 Å². The summed E-state index contributed by atoms with van der Waals surface area (Å²) < 4.78 is 23.5. The number of unbranched alkanes of at least 4 members (excludes halogenated alkanes) is 33. The molecule has 0 radical (unpaired) electrons. The number of carbonyl (C=O) groups excluding carboxylic acids is 1. The number of nitrogens with one attached hydrogen (secondary N) is 1. The maximum absolute atomic E-state index is 12.9. The average Bonchev–Trinajstić information content (AvgIpc) is 3.17. The Morgan fingerprint density at radius 1 is 0.569 bits per heavy atom. The third kappa shape index (κ3) is 43.3. The molecule has 0 heterocycles. The second-order valence-electron chi connectivity index (χ2n) is 18.6. The lowest BCUT2D eigenvalue weighted by molar-refractivity contribution is -0.870. The minimum atomic E-state index is -4.33. The van der Waals surface area contributed by atoms with Gasteiger partial charge in [-0.1, -0.05) is 231 Å². The van der Waals surface area contributed by atoms with Crippen LogP contribution in [0.3, 0.4) is 0 Å². The molecule has 0 saturated carbocycles. The summed E-state index contributed by atoms with van der Waals surface area (Å²) in [6, 6.07) is -0.839. The van der Waals surface area contributed by atoms with Crippen molar-refractivity contribution in [3.8, 4) is 0 Å². The highest BCUT2D eigenvalue weighted by atomic mass is 31.2. The van der Waals surface area contributed by atoms with Crippen molar-refractivity contribution in [2.24, 2.45) is 0 Å². The molecule has 58 heavy (non-hydrogen) atoms. The molecule has 0 aliphatic rings. The molecule has 0 aromatic heterocycles. The summed E-state index contributed by atoms with van der Waals surface area (Å²) in [4.78, 5) is 23.1. The normalized spacial score (nSPS) is 14.3. The van der Waals surface area contributed by atoms with Crippen molar-refractivity contribution in [1.82, 2.24) is 5.32 Å². The monoisotopic (exact) mass is 844 g/mol. The van der Waals surface area contributed by atoms with E-state index in [9.17, 15) is 19.4 Å². The van der Waals surface area contributed by atoms with Gasteiger partial charge in [-0.15, -0.1) is 0 Å². The molecule has 3 N–H and O–H groups in total. The molecule has 3 atom stereocenters. The van der Waals surface area contributed by atoms with Gasteiger partial charge in [-0.25, -0.2) is 4.57 Å². The van der Waals surface area contributed by atoms with Gasteiger partial charge in [0.1, 0.15) is 13.2 Å². The number of phosphoric ester groups is 1. The van der Waals surface area contributed by atoms with Crippen LogP contribution in [-0.4, -0.2) is 73.4 Å². The summed E-state index contributed by atoms with van der Waals surface area (Å²) in [5, 5.41) is 13.8. The van der Waals surface area contributed by atoms with Gasteiger partial charge in [0.25, 0.3) is 0 Å². The molecule has 1 amide bonds. The van der Waals surface area contributed by atoms with Gasteiger partial charge < -0.3 is 19.8 Å². The standard InChI is InChI=1S/C49H99N2O6P/c1-6-8-10-12-14-16-17-18-19-20-21-22-23-24-25-26-27-28-29-30-31-32-33-35-37-39-41-43-49(53)50-47(46-57-58(54,55)56-45-44-51(3,4)5)48(52)42-40-38-36-34-15-13-11-9-7-2/h40,42,47-48,52H,6-39,41,43-46H2,1-5H3,(H-,50,53,54,55)/p+1/b42-40+. The molecule has 0 aromatic rings. The Labute approximate surface area is 361 Å². The van der Waals surface area contributed by atoms with Gasteiger partial charge in [-0.2, -0.15) is 0 Å². The number of hydrogen-bond acceptors (Lipinski definition) is 5. The molecule has 9 heteroatoms.